The lowest BCUT2D eigenvalue weighted by molar-refractivity contribution is 0.122. The molecule has 1 aliphatic rings. The van der Waals surface area contributed by atoms with E-state index in [2.05, 4.69) is 15.2 Å². The molecule has 0 unspecified atom stereocenters. The second kappa shape index (κ2) is 8.61. The lowest BCUT2D eigenvalue weighted by Crippen LogP contribution is -2.36. The lowest BCUT2D eigenvalue weighted by atomic mass is 10.0. The number of aromatic nitrogens is 2. The van der Waals surface area contributed by atoms with Gasteiger partial charge >= 0.3 is 0 Å². The molecule has 31 heavy (non-hydrogen) atoms. The van der Waals surface area contributed by atoms with Crippen LogP contribution in [0.15, 0.2) is 53.0 Å². The number of anilines is 3. The first-order valence-corrected chi connectivity index (χ1v) is 10.2. The van der Waals surface area contributed by atoms with E-state index in [0.717, 1.165) is 43.2 Å². The van der Waals surface area contributed by atoms with Crippen molar-refractivity contribution in [1.82, 2.24) is 9.55 Å². The molecule has 0 spiro atoms. The molecule has 2 aromatic carbocycles. The van der Waals surface area contributed by atoms with Crippen LogP contribution in [0.5, 0.6) is 0 Å². The quantitative estimate of drug-likeness (QED) is 0.550. The molecular formula is C23H26N6O2. The highest BCUT2D eigenvalue weighted by Gasteiger charge is 2.13. The number of fused-ring (bicyclic) bond motifs is 1. The van der Waals surface area contributed by atoms with Gasteiger partial charge in [-0.1, -0.05) is 6.07 Å². The molecule has 8 heteroatoms. The zero-order valence-corrected chi connectivity index (χ0v) is 17.7. The van der Waals surface area contributed by atoms with E-state index in [9.17, 15) is 4.79 Å². The van der Waals surface area contributed by atoms with Gasteiger partial charge in [0.25, 0.3) is 5.56 Å². The van der Waals surface area contributed by atoms with Crippen molar-refractivity contribution in [3.05, 3.63) is 64.1 Å². The molecule has 0 radical (unpaired) electrons. The van der Waals surface area contributed by atoms with Crippen molar-refractivity contribution in [2.24, 2.45) is 12.8 Å². The summed E-state index contributed by atoms with van der Waals surface area (Å²) < 4.78 is 6.96. The minimum absolute atomic E-state index is 0.230. The molecule has 3 aromatic rings. The van der Waals surface area contributed by atoms with Crippen molar-refractivity contribution in [3.8, 4) is 0 Å². The van der Waals surface area contributed by atoms with Gasteiger partial charge in [-0.25, -0.2) is 4.98 Å². The summed E-state index contributed by atoms with van der Waals surface area (Å²) in [6.07, 6.45) is 1.22. The molecule has 2 heterocycles. The number of benzene rings is 2. The van der Waals surface area contributed by atoms with Crippen molar-refractivity contribution in [1.29, 1.82) is 5.41 Å². The van der Waals surface area contributed by atoms with Gasteiger partial charge in [0.1, 0.15) is 0 Å². The van der Waals surface area contributed by atoms with E-state index in [1.54, 1.807) is 18.5 Å². The average molecular weight is 419 g/mol. The van der Waals surface area contributed by atoms with Gasteiger partial charge in [-0.05, 0) is 48.9 Å². The van der Waals surface area contributed by atoms with E-state index in [4.69, 9.17) is 15.9 Å². The predicted molar refractivity (Wildman–Crippen MR) is 125 cm³/mol. The summed E-state index contributed by atoms with van der Waals surface area (Å²) in [5.74, 6) is 0.264. The number of allylic oxidation sites excluding steroid dienone is 2. The van der Waals surface area contributed by atoms with Crippen LogP contribution in [0.4, 0.5) is 17.2 Å². The number of nitrogens with zero attached hydrogens (tertiary/aromatic N) is 3. The highest BCUT2D eigenvalue weighted by Crippen LogP contribution is 2.23. The molecule has 0 bridgehead atoms. The molecular weight excluding hydrogens is 392 g/mol. The Labute approximate surface area is 180 Å². The van der Waals surface area contributed by atoms with Crippen LogP contribution in [-0.2, 0) is 11.8 Å². The largest absolute Gasteiger partial charge is 0.402 e. The van der Waals surface area contributed by atoms with Gasteiger partial charge in [0, 0.05) is 49.0 Å². The second-order valence-electron chi connectivity index (χ2n) is 7.54. The van der Waals surface area contributed by atoms with Crippen LogP contribution in [0, 0.1) is 5.41 Å². The summed E-state index contributed by atoms with van der Waals surface area (Å²) in [5.41, 5.74) is 10.9. The number of nitrogens with one attached hydrogen (secondary N) is 2. The topological polar surface area (TPSA) is 109 Å². The number of aryl methyl sites for hydroxylation is 1. The molecule has 1 aliphatic heterocycles. The molecule has 4 N–H and O–H groups in total. The maximum absolute atomic E-state index is 12.9. The third kappa shape index (κ3) is 4.15. The molecule has 0 saturated carbocycles. The van der Waals surface area contributed by atoms with Gasteiger partial charge in [0.2, 0.25) is 0 Å². The summed E-state index contributed by atoms with van der Waals surface area (Å²) in [6.45, 7) is 4.97. The van der Waals surface area contributed by atoms with Crippen LogP contribution < -0.4 is 21.5 Å². The molecule has 160 valence electrons. The monoisotopic (exact) mass is 418 g/mol. The summed E-state index contributed by atoms with van der Waals surface area (Å²) >= 11 is 0. The molecule has 0 atom stereocenters. The van der Waals surface area contributed by atoms with Crippen LogP contribution >= 0.6 is 0 Å². The van der Waals surface area contributed by atoms with Gasteiger partial charge in [0.05, 0.1) is 24.2 Å². The molecule has 0 amide bonds. The molecule has 1 fully saturated rings. The smallest absolute Gasteiger partial charge is 0.293 e. The lowest BCUT2D eigenvalue weighted by Gasteiger charge is -2.28. The van der Waals surface area contributed by atoms with Crippen LogP contribution in [0.1, 0.15) is 12.5 Å². The number of rotatable bonds is 5. The molecule has 8 nitrogen and oxygen atoms in total. The van der Waals surface area contributed by atoms with Gasteiger partial charge in [-0.15, -0.1) is 0 Å². The van der Waals surface area contributed by atoms with Crippen LogP contribution in [-0.4, -0.2) is 42.1 Å². The molecule has 4 rings (SSSR count). The predicted octanol–water partition coefficient (Wildman–Crippen LogP) is 2.85. The number of hydrogen-bond donors (Lipinski definition) is 3. The van der Waals surface area contributed by atoms with Crippen molar-refractivity contribution in [3.63, 3.8) is 0 Å². The Hall–Kier alpha value is -3.65. The maximum Gasteiger partial charge on any atom is 0.293 e. The first-order valence-electron chi connectivity index (χ1n) is 10.2. The fraction of sp³-hybridized carbons (Fsp3) is 0.261. The molecule has 1 aromatic heterocycles. The first-order chi connectivity index (χ1) is 15.0. The van der Waals surface area contributed by atoms with E-state index >= 15 is 0 Å². The first kappa shape index (κ1) is 20.6. The summed E-state index contributed by atoms with van der Waals surface area (Å²) in [6, 6.07) is 13.5. The summed E-state index contributed by atoms with van der Waals surface area (Å²) in [4.78, 5) is 19.7. The van der Waals surface area contributed by atoms with E-state index in [-0.39, 0.29) is 11.4 Å². The number of morpholine rings is 1. The minimum Gasteiger partial charge on any atom is -0.402 e. The van der Waals surface area contributed by atoms with Crippen molar-refractivity contribution in [2.75, 3.05) is 36.5 Å². The van der Waals surface area contributed by atoms with Gasteiger partial charge in [-0.3, -0.25) is 4.79 Å². The third-order valence-corrected chi connectivity index (χ3v) is 5.46. The van der Waals surface area contributed by atoms with Crippen LogP contribution in [0.25, 0.3) is 16.6 Å². The van der Waals surface area contributed by atoms with E-state index in [1.165, 1.54) is 6.21 Å². The number of ether oxygens (including phenoxy) is 1. The van der Waals surface area contributed by atoms with Gasteiger partial charge < -0.3 is 30.7 Å². The fourth-order valence-corrected chi connectivity index (χ4v) is 3.71. The van der Waals surface area contributed by atoms with Crippen LogP contribution in [0.3, 0.4) is 0 Å². The standard InChI is InChI=1S/C23H26N6O2/c1-15(25)19(14-24)16-3-8-20-21(13-16)28(2)23(30)22(27-20)26-17-4-6-18(7-5-17)29-9-11-31-12-10-29/h3-8,13-14,24H,9-12,25H2,1-2H3,(H,26,27)/b19-15+,24-14?. The Bertz CT molecular complexity index is 1200. The Morgan fingerprint density at radius 2 is 1.90 bits per heavy atom. The van der Waals surface area contributed by atoms with E-state index in [1.807, 2.05) is 42.5 Å². The van der Waals surface area contributed by atoms with Crippen molar-refractivity contribution in [2.45, 2.75) is 6.92 Å². The van der Waals surface area contributed by atoms with E-state index < -0.39 is 0 Å². The van der Waals surface area contributed by atoms with Crippen molar-refractivity contribution < 1.29 is 4.74 Å². The Balaban J connectivity index is 1.64. The number of hydrogen-bond acceptors (Lipinski definition) is 7. The fourth-order valence-electron chi connectivity index (χ4n) is 3.71. The number of nitrogens with two attached hydrogens (primary N) is 1. The third-order valence-electron chi connectivity index (χ3n) is 5.46. The Kier molecular flexibility index (Phi) is 5.73. The van der Waals surface area contributed by atoms with Crippen molar-refractivity contribution >= 4 is 40.0 Å². The highest BCUT2D eigenvalue weighted by atomic mass is 16.5. The summed E-state index contributed by atoms with van der Waals surface area (Å²) in [7, 11) is 1.71. The van der Waals surface area contributed by atoms with Gasteiger partial charge in [0.15, 0.2) is 5.82 Å². The zero-order valence-electron chi connectivity index (χ0n) is 17.7. The maximum atomic E-state index is 12.9. The zero-order chi connectivity index (χ0) is 22.0. The molecule has 1 saturated heterocycles. The minimum atomic E-state index is -0.230. The van der Waals surface area contributed by atoms with Gasteiger partial charge in [-0.2, -0.15) is 0 Å². The normalized spacial score (nSPS) is 15.0. The van der Waals surface area contributed by atoms with E-state index in [0.29, 0.717) is 22.3 Å². The highest BCUT2D eigenvalue weighted by molar-refractivity contribution is 6.10. The Morgan fingerprint density at radius 3 is 2.55 bits per heavy atom. The Morgan fingerprint density at radius 1 is 1.19 bits per heavy atom. The van der Waals surface area contributed by atoms with Crippen LogP contribution in [0.2, 0.25) is 0 Å². The average Bonchev–Trinajstić information content (AvgIpc) is 2.79. The molecule has 0 aliphatic carbocycles. The summed E-state index contributed by atoms with van der Waals surface area (Å²) in [5, 5.41) is 10.8. The SMILES string of the molecule is C/C(N)=C(/C=N)c1ccc2nc(Nc3ccc(N4CCOCC4)cc3)c(=O)n(C)c2c1. The second-order valence-corrected chi connectivity index (χ2v) is 7.54.